The fourth-order valence-electron chi connectivity index (χ4n) is 3.36. The average molecular weight is 340 g/mol. The number of thiophene rings is 1. The Hall–Kier alpha value is -2.14. The van der Waals surface area contributed by atoms with Crippen LogP contribution in [0.3, 0.4) is 0 Å². The van der Waals surface area contributed by atoms with Crippen molar-refractivity contribution < 1.29 is 9.53 Å². The van der Waals surface area contributed by atoms with Crippen LogP contribution in [0.2, 0.25) is 0 Å². The first-order valence-electron chi connectivity index (χ1n) is 8.42. The summed E-state index contributed by atoms with van der Waals surface area (Å²) in [7, 11) is 1.66. The van der Waals surface area contributed by atoms with Gasteiger partial charge in [-0.2, -0.15) is 0 Å². The topological polar surface area (TPSA) is 51.2 Å². The summed E-state index contributed by atoms with van der Waals surface area (Å²) >= 11 is 1.46. The minimum absolute atomic E-state index is 0.0338. The molecule has 2 aromatic heterocycles. The van der Waals surface area contributed by atoms with Crippen LogP contribution in [-0.4, -0.2) is 24.0 Å². The number of methoxy groups -OCH3 is 1. The van der Waals surface area contributed by atoms with Crippen molar-refractivity contribution >= 4 is 38.4 Å². The van der Waals surface area contributed by atoms with Gasteiger partial charge in [-0.3, -0.25) is 4.79 Å². The Labute approximate surface area is 144 Å². The highest BCUT2D eigenvalue weighted by molar-refractivity contribution is 7.20. The van der Waals surface area contributed by atoms with Crippen LogP contribution in [0.5, 0.6) is 5.75 Å². The molecular weight excluding hydrogens is 320 g/mol. The molecule has 5 heteroatoms. The van der Waals surface area contributed by atoms with E-state index in [9.17, 15) is 4.79 Å². The molecule has 0 spiro atoms. The zero-order valence-corrected chi connectivity index (χ0v) is 14.5. The highest BCUT2D eigenvalue weighted by Crippen LogP contribution is 2.29. The molecule has 4 nitrogen and oxygen atoms in total. The number of aromatic nitrogens is 1. The van der Waals surface area contributed by atoms with Gasteiger partial charge in [-0.15, -0.1) is 11.3 Å². The lowest BCUT2D eigenvalue weighted by atomic mass is 9.95. The number of hydrogen-bond acceptors (Lipinski definition) is 4. The molecule has 124 valence electrons. The van der Waals surface area contributed by atoms with Gasteiger partial charge in [0.25, 0.3) is 5.91 Å². The Morgan fingerprint density at radius 3 is 2.79 bits per heavy atom. The second-order valence-corrected chi connectivity index (χ2v) is 7.39. The van der Waals surface area contributed by atoms with Gasteiger partial charge in [0.2, 0.25) is 0 Å². The van der Waals surface area contributed by atoms with Crippen LogP contribution >= 0.6 is 11.3 Å². The van der Waals surface area contributed by atoms with Crippen LogP contribution in [0.15, 0.2) is 30.3 Å². The molecule has 0 aliphatic heterocycles. The maximum Gasteiger partial charge on any atom is 0.261 e. The third-order valence-electron chi connectivity index (χ3n) is 4.67. The Morgan fingerprint density at radius 2 is 2.00 bits per heavy atom. The normalized spacial score (nSPS) is 15.7. The molecule has 1 fully saturated rings. The first kappa shape index (κ1) is 15.4. The summed E-state index contributed by atoms with van der Waals surface area (Å²) in [6.07, 6.45) is 5.91. The summed E-state index contributed by atoms with van der Waals surface area (Å²) in [6.45, 7) is 0. The predicted octanol–water partition coefficient (Wildman–Crippen LogP) is 4.52. The summed E-state index contributed by atoms with van der Waals surface area (Å²) in [4.78, 5) is 18.9. The largest absolute Gasteiger partial charge is 0.497 e. The fourth-order valence-corrected chi connectivity index (χ4v) is 4.28. The summed E-state index contributed by atoms with van der Waals surface area (Å²) in [5.41, 5.74) is 0.921. The first-order chi connectivity index (χ1) is 11.7. The Kier molecular flexibility index (Phi) is 4.10. The van der Waals surface area contributed by atoms with E-state index < -0.39 is 0 Å². The molecule has 0 saturated heterocycles. The van der Waals surface area contributed by atoms with Crippen LogP contribution in [-0.2, 0) is 0 Å². The second kappa shape index (κ2) is 6.40. The quantitative estimate of drug-likeness (QED) is 0.762. The number of nitrogens with zero attached hydrogens (tertiary/aromatic N) is 1. The van der Waals surface area contributed by atoms with Crippen molar-refractivity contribution in [2.24, 2.45) is 0 Å². The van der Waals surface area contributed by atoms with Crippen molar-refractivity contribution in [2.75, 3.05) is 7.11 Å². The van der Waals surface area contributed by atoms with Gasteiger partial charge in [0.1, 0.15) is 10.6 Å². The van der Waals surface area contributed by atoms with Crippen molar-refractivity contribution in [1.29, 1.82) is 0 Å². The van der Waals surface area contributed by atoms with Crippen LogP contribution < -0.4 is 10.1 Å². The number of pyridine rings is 1. The van der Waals surface area contributed by atoms with Crippen molar-refractivity contribution in [2.45, 2.75) is 38.1 Å². The molecule has 1 amide bonds. The van der Waals surface area contributed by atoms with E-state index in [4.69, 9.17) is 4.74 Å². The molecule has 3 aromatic rings. The second-order valence-electron chi connectivity index (χ2n) is 6.36. The van der Waals surface area contributed by atoms with Crippen molar-refractivity contribution in [3.05, 3.63) is 35.2 Å². The standard InChI is InChI=1S/C19H20N2O2S/c1-23-15-7-8-16-12(10-15)9-13-11-17(24-19(13)21-16)18(22)20-14-5-3-2-4-6-14/h7-11,14H,2-6H2,1H3,(H,20,22). The third kappa shape index (κ3) is 2.96. The number of hydrogen-bond donors (Lipinski definition) is 1. The monoisotopic (exact) mass is 340 g/mol. The minimum Gasteiger partial charge on any atom is -0.497 e. The van der Waals surface area contributed by atoms with Gasteiger partial charge in [0.15, 0.2) is 0 Å². The molecule has 0 bridgehead atoms. The van der Waals surface area contributed by atoms with E-state index in [-0.39, 0.29) is 5.91 Å². The highest BCUT2D eigenvalue weighted by Gasteiger charge is 2.18. The molecule has 4 rings (SSSR count). The van der Waals surface area contributed by atoms with Crippen LogP contribution in [0.1, 0.15) is 41.8 Å². The molecule has 1 aromatic carbocycles. The maximum absolute atomic E-state index is 12.5. The molecule has 1 saturated carbocycles. The summed E-state index contributed by atoms with van der Waals surface area (Å²) in [5, 5.41) is 5.22. The van der Waals surface area contributed by atoms with Gasteiger partial charge >= 0.3 is 0 Å². The molecule has 0 unspecified atom stereocenters. The highest BCUT2D eigenvalue weighted by atomic mass is 32.1. The molecule has 2 heterocycles. The minimum atomic E-state index is 0.0338. The number of nitrogens with one attached hydrogen (secondary N) is 1. The van der Waals surface area contributed by atoms with E-state index in [2.05, 4.69) is 16.4 Å². The SMILES string of the molecule is COc1ccc2nc3sc(C(=O)NC4CCCCC4)cc3cc2c1. The van der Waals surface area contributed by atoms with E-state index in [0.717, 1.165) is 44.6 Å². The number of amides is 1. The van der Waals surface area contributed by atoms with E-state index in [0.29, 0.717) is 6.04 Å². The Morgan fingerprint density at radius 1 is 1.17 bits per heavy atom. The molecule has 0 radical (unpaired) electrons. The van der Waals surface area contributed by atoms with Gasteiger partial charge in [0.05, 0.1) is 17.5 Å². The van der Waals surface area contributed by atoms with Crippen LogP contribution in [0.4, 0.5) is 0 Å². The van der Waals surface area contributed by atoms with Crippen molar-refractivity contribution in [3.8, 4) is 5.75 Å². The zero-order chi connectivity index (χ0) is 16.5. The lowest BCUT2D eigenvalue weighted by Gasteiger charge is -2.22. The van der Waals surface area contributed by atoms with Gasteiger partial charge in [0, 0.05) is 16.8 Å². The lowest BCUT2D eigenvalue weighted by molar-refractivity contribution is 0.0932. The first-order valence-corrected chi connectivity index (χ1v) is 9.24. The predicted molar refractivity (Wildman–Crippen MR) is 98.0 cm³/mol. The smallest absolute Gasteiger partial charge is 0.261 e. The van der Waals surface area contributed by atoms with Crippen molar-refractivity contribution in [1.82, 2.24) is 10.3 Å². The lowest BCUT2D eigenvalue weighted by Crippen LogP contribution is -2.35. The zero-order valence-electron chi connectivity index (χ0n) is 13.7. The molecular formula is C19H20N2O2S. The van der Waals surface area contributed by atoms with E-state index in [1.165, 1.54) is 30.6 Å². The van der Waals surface area contributed by atoms with Crippen molar-refractivity contribution in [3.63, 3.8) is 0 Å². The van der Waals surface area contributed by atoms with E-state index in [1.807, 2.05) is 24.3 Å². The van der Waals surface area contributed by atoms with Gasteiger partial charge in [-0.05, 0) is 43.2 Å². The summed E-state index contributed by atoms with van der Waals surface area (Å²) < 4.78 is 5.27. The van der Waals surface area contributed by atoms with Crippen LogP contribution in [0, 0.1) is 0 Å². The van der Waals surface area contributed by atoms with Gasteiger partial charge in [-0.1, -0.05) is 19.3 Å². The fraction of sp³-hybridized carbons (Fsp3) is 0.368. The van der Waals surface area contributed by atoms with E-state index in [1.54, 1.807) is 7.11 Å². The number of carbonyl (C=O) groups excluding carboxylic acids is 1. The Bertz CT molecular complexity index is 897. The van der Waals surface area contributed by atoms with E-state index >= 15 is 0 Å². The average Bonchev–Trinajstić information content (AvgIpc) is 3.03. The summed E-state index contributed by atoms with van der Waals surface area (Å²) in [5.74, 6) is 0.848. The summed E-state index contributed by atoms with van der Waals surface area (Å²) in [6, 6.07) is 10.2. The molecule has 1 aliphatic rings. The third-order valence-corrected chi connectivity index (χ3v) is 5.72. The number of rotatable bonds is 3. The van der Waals surface area contributed by atoms with Gasteiger partial charge in [-0.25, -0.2) is 4.98 Å². The number of benzene rings is 1. The number of carbonyl (C=O) groups is 1. The molecule has 0 atom stereocenters. The molecule has 1 N–H and O–H groups in total. The molecule has 1 aliphatic carbocycles. The van der Waals surface area contributed by atoms with Crippen LogP contribution in [0.25, 0.3) is 21.1 Å². The number of ether oxygens (including phenoxy) is 1. The molecule has 24 heavy (non-hydrogen) atoms. The Balaban J connectivity index is 1.64. The number of fused-ring (bicyclic) bond motifs is 2. The maximum atomic E-state index is 12.5. The van der Waals surface area contributed by atoms with Gasteiger partial charge < -0.3 is 10.1 Å².